The zero-order valence-electron chi connectivity index (χ0n) is 14.4. The fraction of sp³-hybridized carbons (Fsp3) is 0.389. The van der Waals surface area contributed by atoms with Crippen LogP contribution in [0.15, 0.2) is 18.2 Å². The second-order valence-corrected chi connectivity index (χ2v) is 7.14. The van der Waals surface area contributed by atoms with Gasteiger partial charge < -0.3 is 19.7 Å². The Morgan fingerprint density at radius 1 is 1.15 bits per heavy atom. The summed E-state index contributed by atoms with van der Waals surface area (Å²) in [7, 11) is 0. The van der Waals surface area contributed by atoms with E-state index in [1.54, 1.807) is 19.9 Å². The van der Waals surface area contributed by atoms with Crippen molar-refractivity contribution in [1.82, 2.24) is 4.57 Å². The lowest BCUT2D eigenvalue weighted by molar-refractivity contribution is -0.274. The molecular weight excluding hydrogens is 365 g/mol. The van der Waals surface area contributed by atoms with E-state index in [2.05, 4.69) is 4.74 Å². The Labute approximate surface area is 152 Å². The monoisotopic (exact) mass is 380 g/mol. The average Bonchev–Trinajstić information content (AvgIpc) is 3.10. The molecule has 2 aliphatic heterocycles. The first-order chi connectivity index (χ1) is 12.5. The number of rotatable bonds is 2. The third kappa shape index (κ3) is 2.36. The van der Waals surface area contributed by atoms with E-state index < -0.39 is 23.3 Å². The van der Waals surface area contributed by atoms with Gasteiger partial charge in [0.25, 0.3) is 0 Å². The summed E-state index contributed by atoms with van der Waals surface area (Å²) in [6.07, 6.45) is -3.70. The summed E-state index contributed by atoms with van der Waals surface area (Å²) in [4.78, 5) is 0. The summed E-state index contributed by atoms with van der Waals surface area (Å²) in [6.45, 7) is 3.59. The van der Waals surface area contributed by atoms with Crippen molar-refractivity contribution in [1.29, 1.82) is 5.26 Å². The molecule has 0 amide bonds. The van der Waals surface area contributed by atoms with Crippen LogP contribution in [0.25, 0.3) is 5.69 Å². The molecule has 0 saturated carbocycles. The van der Waals surface area contributed by atoms with Crippen molar-refractivity contribution in [3.63, 3.8) is 0 Å². The number of aromatic nitrogens is 1. The highest BCUT2D eigenvalue weighted by atomic mass is 19.4. The van der Waals surface area contributed by atoms with Gasteiger partial charge >= 0.3 is 6.36 Å². The standard InChI is InChI=1S/C18H15F3N2O4/c1-16-5-6-17(2,27-16)13-12(16)14(24)23(15(13)25)10-4-3-9(8-22)11(7-10)26-18(19,20)21/h3-4,7,24-25H,5-6H2,1-2H3/t16-,17+. The van der Waals surface area contributed by atoms with Gasteiger partial charge in [-0.25, -0.2) is 0 Å². The molecule has 0 aliphatic carbocycles. The molecule has 2 bridgehead atoms. The van der Waals surface area contributed by atoms with E-state index in [0.717, 1.165) is 16.7 Å². The number of halogens is 3. The van der Waals surface area contributed by atoms with E-state index in [0.29, 0.717) is 24.0 Å². The minimum Gasteiger partial charge on any atom is -0.494 e. The van der Waals surface area contributed by atoms with Crippen LogP contribution in [0.4, 0.5) is 13.2 Å². The molecule has 0 radical (unpaired) electrons. The summed E-state index contributed by atoms with van der Waals surface area (Å²) >= 11 is 0. The Morgan fingerprint density at radius 2 is 1.70 bits per heavy atom. The number of nitrogens with zero attached hydrogens (tertiary/aromatic N) is 2. The van der Waals surface area contributed by atoms with E-state index in [9.17, 15) is 23.4 Å². The zero-order valence-corrected chi connectivity index (χ0v) is 14.4. The van der Waals surface area contributed by atoms with E-state index >= 15 is 0 Å². The van der Waals surface area contributed by atoms with Crippen LogP contribution in [0.2, 0.25) is 0 Å². The van der Waals surface area contributed by atoms with Crippen molar-refractivity contribution < 1.29 is 32.9 Å². The molecule has 9 heteroatoms. The number of fused-ring (bicyclic) bond motifs is 5. The van der Waals surface area contributed by atoms with Crippen molar-refractivity contribution in [2.45, 2.75) is 44.3 Å². The number of aromatic hydroxyl groups is 2. The molecule has 2 atom stereocenters. The van der Waals surface area contributed by atoms with E-state index in [1.807, 2.05) is 0 Å². The van der Waals surface area contributed by atoms with E-state index in [4.69, 9.17) is 10.00 Å². The number of benzene rings is 1. The van der Waals surface area contributed by atoms with Crippen molar-refractivity contribution in [2.75, 3.05) is 0 Å². The molecule has 2 aromatic rings. The van der Waals surface area contributed by atoms with Gasteiger partial charge in [-0.15, -0.1) is 13.2 Å². The summed E-state index contributed by atoms with van der Waals surface area (Å²) < 4.78 is 48.9. The second kappa shape index (κ2) is 5.10. The Bertz CT molecular complexity index is 968. The summed E-state index contributed by atoms with van der Waals surface area (Å²) in [5, 5.41) is 30.5. The molecule has 3 heterocycles. The average molecular weight is 380 g/mol. The van der Waals surface area contributed by atoms with Gasteiger partial charge in [0.2, 0.25) is 11.8 Å². The van der Waals surface area contributed by atoms with Gasteiger partial charge in [-0.05, 0) is 38.8 Å². The molecule has 6 nitrogen and oxygen atoms in total. The van der Waals surface area contributed by atoms with Gasteiger partial charge in [-0.1, -0.05) is 0 Å². The molecule has 1 aromatic heterocycles. The predicted octanol–water partition coefficient (Wildman–Crippen LogP) is 3.91. The third-order valence-corrected chi connectivity index (χ3v) is 5.28. The van der Waals surface area contributed by atoms with Gasteiger partial charge in [0.15, 0.2) is 0 Å². The van der Waals surface area contributed by atoms with Crippen LogP contribution in [-0.4, -0.2) is 21.1 Å². The Kier molecular flexibility index (Phi) is 3.32. The third-order valence-electron chi connectivity index (χ3n) is 5.28. The van der Waals surface area contributed by atoms with Crippen LogP contribution in [0.5, 0.6) is 17.5 Å². The van der Waals surface area contributed by atoms with Crippen molar-refractivity contribution in [3.8, 4) is 29.3 Å². The fourth-order valence-electron chi connectivity index (χ4n) is 4.17. The number of ether oxygens (including phenoxy) is 2. The van der Waals surface area contributed by atoms with Crippen molar-refractivity contribution in [3.05, 3.63) is 34.9 Å². The lowest BCUT2D eigenvalue weighted by Crippen LogP contribution is -2.18. The first-order valence-corrected chi connectivity index (χ1v) is 8.17. The first-order valence-electron chi connectivity index (χ1n) is 8.17. The lowest BCUT2D eigenvalue weighted by atomic mass is 9.80. The Hall–Kier alpha value is -2.86. The van der Waals surface area contributed by atoms with Gasteiger partial charge in [0.1, 0.15) is 11.8 Å². The Balaban J connectivity index is 1.90. The highest BCUT2D eigenvalue weighted by molar-refractivity contribution is 5.62. The molecule has 1 saturated heterocycles. The van der Waals surface area contributed by atoms with Gasteiger partial charge in [-0.3, -0.25) is 4.57 Å². The van der Waals surface area contributed by atoms with Crippen LogP contribution < -0.4 is 4.74 Å². The second-order valence-electron chi connectivity index (χ2n) is 7.14. The molecule has 0 unspecified atom stereocenters. The number of hydrogen-bond donors (Lipinski definition) is 2. The Morgan fingerprint density at radius 3 is 2.19 bits per heavy atom. The summed E-state index contributed by atoms with van der Waals surface area (Å²) in [6, 6.07) is 5.03. The molecule has 1 fully saturated rings. The molecule has 142 valence electrons. The summed E-state index contributed by atoms with van der Waals surface area (Å²) in [5.74, 6) is -1.33. The largest absolute Gasteiger partial charge is 0.573 e. The summed E-state index contributed by atoms with van der Waals surface area (Å²) in [5.41, 5.74) is -1.00. The predicted molar refractivity (Wildman–Crippen MR) is 85.5 cm³/mol. The fourth-order valence-corrected chi connectivity index (χ4v) is 4.17. The lowest BCUT2D eigenvalue weighted by Gasteiger charge is -2.21. The van der Waals surface area contributed by atoms with Gasteiger partial charge in [-0.2, -0.15) is 5.26 Å². The zero-order chi connectivity index (χ0) is 19.8. The quantitative estimate of drug-likeness (QED) is 0.825. The smallest absolute Gasteiger partial charge is 0.494 e. The molecule has 2 N–H and O–H groups in total. The number of hydrogen-bond acceptors (Lipinski definition) is 5. The molecule has 0 spiro atoms. The van der Waals surface area contributed by atoms with Crippen LogP contribution in [0.1, 0.15) is 43.4 Å². The maximum atomic E-state index is 12.6. The minimum atomic E-state index is -4.99. The topological polar surface area (TPSA) is 87.6 Å². The highest BCUT2D eigenvalue weighted by Gasteiger charge is 2.59. The molecule has 2 aliphatic rings. The van der Waals surface area contributed by atoms with Crippen molar-refractivity contribution in [2.24, 2.45) is 0 Å². The minimum absolute atomic E-state index is 0.0317. The van der Waals surface area contributed by atoms with Gasteiger partial charge in [0.05, 0.1) is 33.6 Å². The maximum Gasteiger partial charge on any atom is 0.573 e. The van der Waals surface area contributed by atoms with Crippen molar-refractivity contribution >= 4 is 0 Å². The van der Waals surface area contributed by atoms with Crippen LogP contribution in [0.3, 0.4) is 0 Å². The van der Waals surface area contributed by atoms with E-state index in [-0.39, 0.29) is 23.0 Å². The molecule has 1 aromatic carbocycles. The SMILES string of the molecule is C[C@]12CC[C@](C)(O1)c1c2c(O)n(-c2ccc(C#N)c(OC(F)(F)F)c2)c1O. The van der Waals surface area contributed by atoms with Crippen LogP contribution in [-0.2, 0) is 15.9 Å². The molecular formula is C18H15F3N2O4. The highest BCUT2D eigenvalue weighted by Crippen LogP contribution is 2.64. The molecule has 4 rings (SSSR count). The molecule has 27 heavy (non-hydrogen) atoms. The number of alkyl halides is 3. The number of nitriles is 1. The van der Waals surface area contributed by atoms with Crippen LogP contribution >= 0.6 is 0 Å². The van der Waals surface area contributed by atoms with Gasteiger partial charge in [0, 0.05) is 6.07 Å². The van der Waals surface area contributed by atoms with Crippen LogP contribution in [0, 0.1) is 11.3 Å². The van der Waals surface area contributed by atoms with E-state index in [1.165, 1.54) is 6.07 Å². The first kappa shape index (κ1) is 17.5. The maximum absolute atomic E-state index is 12.6. The normalized spacial score (nSPS) is 26.1.